The summed E-state index contributed by atoms with van der Waals surface area (Å²) in [5.74, 6) is 0. The van der Waals surface area contributed by atoms with Crippen LogP contribution in [0.25, 0.3) is 0 Å². The quantitative estimate of drug-likeness (QED) is 0.496. The van der Waals surface area contributed by atoms with Crippen LogP contribution in [0, 0.1) is 0 Å². The van der Waals surface area contributed by atoms with Gasteiger partial charge in [0.1, 0.15) is 26.3 Å². The molecule has 17 heavy (non-hydrogen) atoms. The minimum atomic E-state index is -4.38. The van der Waals surface area contributed by atoms with Gasteiger partial charge in [0.15, 0.2) is 0 Å². The lowest BCUT2D eigenvalue weighted by Gasteiger charge is -2.25. The summed E-state index contributed by atoms with van der Waals surface area (Å²) in [6.45, 7) is 1.32. The molecule has 0 rings (SSSR count). The molecule has 0 spiro atoms. The Morgan fingerprint density at radius 3 is 1.41 bits per heavy atom. The topological polar surface area (TPSA) is 35.5 Å². The summed E-state index contributed by atoms with van der Waals surface area (Å²) in [5.41, 5.74) is 0. The number of hydrogen-bond donors (Lipinski definition) is 0. The fraction of sp³-hybridized carbons (Fsp3) is 1.00. The molecule has 0 unspecified atom stereocenters. The Morgan fingerprint density at radius 2 is 1.18 bits per heavy atom. The first-order valence-corrected chi connectivity index (χ1v) is 7.04. The van der Waals surface area contributed by atoms with Crippen LogP contribution < -0.4 is 0 Å². The van der Waals surface area contributed by atoms with E-state index in [4.69, 9.17) is 0 Å². The molecule has 0 amide bonds. The number of quaternary nitrogens is 2. The van der Waals surface area contributed by atoms with Crippen LogP contribution in [0.3, 0.4) is 0 Å². The second kappa shape index (κ2) is 6.25. The van der Waals surface area contributed by atoms with E-state index < -0.39 is 7.91 Å². The van der Waals surface area contributed by atoms with E-state index in [1.54, 1.807) is 0 Å². The van der Waals surface area contributed by atoms with Crippen LogP contribution in [0.4, 0.5) is 4.20 Å². The molecule has 5 nitrogen and oxygen atoms in total. The molecule has 0 aromatic carbocycles. The van der Waals surface area contributed by atoms with Gasteiger partial charge in [0.2, 0.25) is 0 Å². The first-order chi connectivity index (χ1) is 7.41. The van der Waals surface area contributed by atoms with E-state index in [0.717, 1.165) is 0 Å². The third kappa shape index (κ3) is 12.2. The molecule has 0 aromatic heterocycles. The third-order valence-electron chi connectivity index (χ3n) is 2.02. The van der Waals surface area contributed by atoms with Gasteiger partial charge < -0.3 is 8.97 Å². The van der Waals surface area contributed by atoms with Gasteiger partial charge in [0, 0.05) is 0 Å². The van der Waals surface area contributed by atoms with Crippen molar-refractivity contribution in [3.63, 3.8) is 0 Å². The highest BCUT2D eigenvalue weighted by molar-refractivity contribution is 7.48. The summed E-state index contributed by atoms with van der Waals surface area (Å²) in [5, 5.41) is 0. The van der Waals surface area contributed by atoms with E-state index in [1.165, 1.54) is 0 Å². The second-order valence-electron chi connectivity index (χ2n) is 6.12. The van der Waals surface area contributed by atoms with Crippen molar-refractivity contribution in [3.05, 3.63) is 0 Å². The van der Waals surface area contributed by atoms with Crippen molar-refractivity contribution in [1.29, 1.82) is 0 Å². The van der Waals surface area contributed by atoms with Crippen LogP contribution in [-0.2, 0) is 13.6 Å². The lowest BCUT2D eigenvalue weighted by molar-refractivity contribution is -0.870. The van der Waals surface area contributed by atoms with Gasteiger partial charge >= 0.3 is 7.91 Å². The van der Waals surface area contributed by atoms with Crippen molar-refractivity contribution in [1.82, 2.24) is 0 Å². The summed E-state index contributed by atoms with van der Waals surface area (Å²) in [4.78, 5) is 0. The van der Waals surface area contributed by atoms with Gasteiger partial charge in [-0.3, -0.25) is 9.05 Å². The number of hydrogen-bond acceptors (Lipinski definition) is 3. The smallest absolute Gasteiger partial charge is 0.329 e. The van der Waals surface area contributed by atoms with E-state index >= 15 is 0 Å². The Hall–Kier alpha value is -0.0000000000000000416. The molecular weight excluding hydrogens is 246 g/mol. The second-order valence-corrected chi connectivity index (χ2v) is 7.50. The Balaban J connectivity index is 3.85. The fourth-order valence-electron chi connectivity index (χ4n) is 0.885. The zero-order valence-corrected chi connectivity index (χ0v) is 12.7. The zero-order chi connectivity index (χ0) is 13.7. The van der Waals surface area contributed by atoms with Crippen molar-refractivity contribution in [2.24, 2.45) is 0 Å². The van der Waals surface area contributed by atoms with Gasteiger partial charge in [0.05, 0.1) is 42.3 Å². The summed E-state index contributed by atoms with van der Waals surface area (Å²) in [7, 11) is 7.31. The summed E-state index contributed by atoms with van der Waals surface area (Å²) >= 11 is 0. The van der Waals surface area contributed by atoms with Crippen LogP contribution in [-0.4, -0.2) is 77.6 Å². The third-order valence-corrected chi connectivity index (χ3v) is 3.00. The summed E-state index contributed by atoms with van der Waals surface area (Å²) in [6, 6.07) is 0. The molecule has 0 N–H and O–H groups in total. The zero-order valence-electron chi connectivity index (χ0n) is 11.8. The maximum atomic E-state index is 13.3. The molecule has 0 atom stereocenters. The Bertz CT molecular complexity index is 250. The Labute approximate surface area is 104 Å². The fourth-order valence-corrected chi connectivity index (χ4v) is 1.56. The van der Waals surface area contributed by atoms with Gasteiger partial charge in [0.25, 0.3) is 0 Å². The maximum absolute atomic E-state index is 13.3. The first-order valence-electron chi connectivity index (χ1n) is 5.61. The lowest BCUT2D eigenvalue weighted by Crippen LogP contribution is -2.38. The molecule has 104 valence electrons. The average molecular weight is 272 g/mol. The highest BCUT2D eigenvalue weighted by atomic mass is 31.2. The molecule has 0 aliphatic rings. The number of likely N-dealkylation sites (N-methyl/N-ethyl adjacent to an activating group) is 2. The van der Waals surface area contributed by atoms with E-state index in [2.05, 4.69) is 9.05 Å². The monoisotopic (exact) mass is 272 g/mol. The predicted molar refractivity (Wildman–Crippen MR) is 66.4 cm³/mol. The normalized spacial score (nSPS) is 14.1. The summed E-state index contributed by atoms with van der Waals surface area (Å²) in [6.07, 6.45) is 0. The molecule has 0 saturated heterocycles. The standard InChI is InChI=1S/C10H26FN2O3P/c1-12(2,3)7-9-15-17(11,14)16-10-8-13(4,5)6/h7-10H2,1-6H3/q+2. The Kier molecular flexibility index (Phi) is 6.25. The van der Waals surface area contributed by atoms with Gasteiger partial charge in [-0.1, -0.05) is 0 Å². The number of halogens is 1. The minimum absolute atomic E-state index is 0.0850. The van der Waals surface area contributed by atoms with Crippen molar-refractivity contribution in [2.75, 3.05) is 68.6 Å². The number of nitrogens with zero attached hydrogens (tertiary/aromatic N) is 2. The minimum Gasteiger partial charge on any atom is -0.329 e. The molecule has 0 heterocycles. The van der Waals surface area contributed by atoms with Crippen molar-refractivity contribution in [3.8, 4) is 0 Å². The molecule has 7 heteroatoms. The molecule has 0 radical (unpaired) electrons. The van der Waals surface area contributed by atoms with Crippen LogP contribution in [0.1, 0.15) is 0 Å². The van der Waals surface area contributed by atoms with Gasteiger partial charge in [-0.2, -0.15) is 0 Å². The maximum Gasteiger partial charge on any atom is 0.513 e. The predicted octanol–water partition coefficient (Wildman–Crippen LogP) is 1.51. The van der Waals surface area contributed by atoms with Gasteiger partial charge in [-0.15, -0.1) is 4.20 Å². The van der Waals surface area contributed by atoms with Crippen molar-refractivity contribution >= 4 is 7.91 Å². The van der Waals surface area contributed by atoms with Gasteiger partial charge in [-0.05, 0) is 0 Å². The molecule has 0 saturated carbocycles. The largest absolute Gasteiger partial charge is 0.513 e. The molecule has 0 aliphatic heterocycles. The van der Waals surface area contributed by atoms with Crippen molar-refractivity contribution in [2.45, 2.75) is 0 Å². The highest BCUT2D eigenvalue weighted by Gasteiger charge is 2.26. The first kappa shape index (κ1) is 17.0. The number of rotatable bonds is 8. The molecule has 0 fully saturated rings. The molecule has 0 bridgehead atoms. The van der Waals surface area contributed by atoms with Crippen LogP contribution in [0.2, 0.25) is 0 Å². The molecule has 0 aliphatic carbocycles. The van der Waals surface area contributed by atoms with E-state index in [-0.39, 0.29) is 13.2 Å². The van der Waals surface area contributed by atoms with E-state index in [1.807, 2.05) is 42.3 Å². The van der Waals surface area contributed by atoms with Crippen LogP contribution in [0.5, 0.6) is 0 Å². The summed E-state index contributed by atoms with van der Waals surface area (Å²) < 4.78 is 35.2. The molecular formula is C10H26FN2O3P+2. The average Bonchev–Trinajstić information content (AvgIpc) is 1.96. The van der Waals surface area contributed by atoms with Gasteiger partial charge in [-0.25, -0.2) is 4.57 Å². The SMILES string of the molecule is C[N+](C)(C)CCOP(=O)(F)OCC[N+](C)(C)C. The van der Waals surface area contributed by atoms with E-state index in [9.17, 15) is 8.76 Å². The van der Waals surface area contributed by atoms with Crippen molar-refractivity contribution < 1.29 is 26.8 Å². The van der Waals surface area contributed by atoms with Crippen LogP contribution >= 0.6 is 7.91 Å². The van der Waals surface area contributed by atoms with E-state index in [0.29, 0.717) is 22.1 Å². The van der Waals surface area contributed by atoms with Crippen LogP contribution in [0.15, 0.2) is 0 Å². The molecule has 0 aromatic rings. The Morgan fingerprint density at radius 1 is 0.882 bits per heavy atom. The highest BCUT2D eigenvalue weighted by Crippen LogP contribution is 2.49. The lowest BCUT2D eigenvalue weighted by atomic mass is 10.5.